The zero-order valence-corrected chi connectivity index (χ0v) is 13.7. The second kappa shape index (κ2) is 7.23. The molecule has 0 unspecified atom stereocenters. The van der Waals surface area contributed by atoms with Crippen molar-refractivity contribution < 1.29 is 4.79 Å². The third-order valence-corrected chi connectivity index (χ3v) is 3.52. The summed E-state index contributed by atoms with van der Waals surface area (Å²) < 4.78 is 0. The highest BCUT2D eigenvalue weighted by atomic mass is 35.5. The van der Waals surface area contributed by atoms with Gasteiger partial charge in [0.15, 0.2) is 0 Å². The maximum atomic E-state index is 11.1. The van der Waals surface area contributed by atoms with E-state index in [1.807, 2.05) is 50.2 Å². The van der Waals surface area contributed by atoms with Crippen molar-refractivity contribution >= 4 is 34.6 Å². The molecule has 0 saturated heterocycles. The summed E-state index contributed by atoms with van der Waals surface area (Å²) in [4.78, 5) is 15.6. The van der Waals surface area contributed by atoms with Crippen molar-refractivity contribution in [1.29, 1.82) is 0 Å². The number of anilines is 1. The fourth-order valence-electron chi connectivity index (χ4n) is 2.16. The lowest BCUT2D eigenvalue weighted by molar-refractivity contribution is -0.116. The van der Waals surface area contributed by atoms with Crippen molar-refractivity contribution in [3.8, 4) is 0 Å². The molecule has 1 N–H and O–H groups in total. The van der Waals surface area contributed by atoms with Gasteiger partial charge in [-0.15, -0.1) is 0 Å². The molecular weight excluding hydrogens is 296 g/mol. The van der Waals surface area contributed by atoms with E-state index in [4.69, 9.17) is 11.6 Å². The monoisotopic (exact) mass is 314 g/mol. The number of ketones is 1. The van der Waals surface area contributed by atoms with Gasteiger partial charge >= 0.3 is 0 Å². The standard InChI is InChI=1S/C18H19ClN2O/c1-12-6-4-5-7-17(12)20-14(3)21-18-9-8-15(10-13(2)22)11-16(18)19/h4-9,11H,10H2,1-3H3,(H,20,21). The Labute approximate surface area is 136 Å². The van der Waals surface area contributed by atoms with E-state index in [9.17, 15) is 4.79 Å². The average molecular weight is 315 g/mol. The molecule has 0 aliphatic heterocycles. The van der Waals surface area contributed by atoms with Crippen molar-refractivity contribution in [1.82, 2.24) is 0 Å². The van der Waals surface area contributed by atoms with Gasteiger partial charge in [0.1, 0.15) is 11.6 Å². The van der Waals surface area contributed by atoms with Crippen LogP contribution >= 0.6 is 11.6 Å². The van der Waals surface area contributed by atoms with E-state index < -0.39 is 0 Å². The highest BCUT2D eigenvalue weighted by molar-refractivity contribution is 6.33. The van der Waals surface area contributed by atoms with Crippen molar-refractivity contribution in [2.24, 2.45) is 4.99 Å². The predicted molar refractivity (Wildman–Crippen MR) is 93.4 cm³/mol. The normalized spacial score (nSPS) is 11.4. The van der Waals surface area contributed by atoms with Crippen LogP contribution in [0.5, 0.6) is 0 Å². The number of halogens is 1. The van der Waals surface area contributed by atoms with Crippen LogP contribution in [0.3, 0.4) is 0 Å². The van der Waals surface area contributed by atoms with E-state index in [1.165, 1.54) is 0 Å². The van der Waals surface area contributed by atoms with Crippen LogP contribution in [0.15, 0.2) is 47.5 Å². The highest BCUT2D eigenvalue weighted by Crippen LogP contribution is 2.26. The second-order valence-electron chi connectivity index (χ2n) is 5.30. The van der Waals surface area contributed by atoms with E-state index in [-0.39, 0.29) is 5.78 Å². The molecule has 4 heteroatoms. The summed E-state index contributed by atoms with van der Waals surface area (Å²) in [7, 11) is 0. The maximum Gasteiger partial charge on any atom is 0.134 e. The summed E-state index contributed by atoms with van der Waals surface area (Å²) in [6.45, 7) is 5.50. The van der Waals surface area contributed by atoms with Crippen LogP contribution in [-0.4, -0.2) is 11.6 Å². The van der Waals surface area contributed by atoms with Gasteiger partial charge in [-0.3, -0.25) is 4.79 Å². The van der Waals surface area contributed by atoms with Crippen molar-refractivity contribution in [3.05, 3.63) is 58.6 Å². The van der Waals surface area contributed by atoms with Gasteiger partial charge in [0.05, 0.1) is 10.7 Å². The highest BCUT2D eigenvalue weighted by Gasteiger charge is 2.04. The van der Waals surface area contributed by atoms with Crippen LogP contribution in [0.4, 0.5) is 11.4 Å². The number of carbonyl (C=O) groups is 1. The van der Waals surface area contributed by atoms with Crippen LogP contribution in [0.1, 0.15) is 25.0 Å². The Kier molecular flexibility index (Phi) is 5.34. The number of Topliss-reactive ketones (excluding diaryl/α,β-unsaturated/α-hetero) is 1. The van der Waals surface area contributed by atoms with Gasteiger partial charge in [0.2, 0.25) is 0 Å². The lowest BCUT2D eigenvalue weighted by Crippen LogP contribution is -2.07. The van der Waals surface area contributed by atoms with Crippen molar-refractivity contribution in [2.45, 2.75) is 27.2 Å². The number of benzene rings is 2. The second-order valence-corrected chi connectivity index (χ2v) is 5.71. The molecule has 0 aliphatic carbocycles. The van der Waals surface area contributed by atoms with Gasteiger partial charge < -0.3 is 5.32 Å². The Morgan fingerprint density at radius 1 is 1.18 bits per heavy atom. The molecule has 0 aromatic heterocycles. The smallest absolute Gasteiger partial charge is 0.134 e. The molecule has 0 amide bonds. The third-order valence-electron chi connectivity index (χ3n) is 3.21. The third kappa shape index (κ3) is 4.43. The van der Waals surface area contributed by atoms with E-state index >= 15 is 0 Å². The fourth-order valence-corrected chi connectivity index (χ4v) is 2.40. The first-order chi connectivity index (χ1) is 10.5. The van der Waals surface area contributed by atoms with E-state index in [2.05, 4.69) is 10.3 Å². The number of hydrogen-bond donors (Lipinski definition) is 1. The Morgan fingerprint density at radius 2 is 1.91 bits per heavy atom. The number of rotatable bonds is 4. The Balaban J connectivity index is 2.18. The summed E-state index contributed by atoms with van der Waals surface area (Å²) in [5, 5.41) is 3.82. The quantitative estimate of drug-likeness (QED) is 0.641. The minimum Gasteiger partial charge on any atom is -0.344 e. The molecular formula is C18H19ClN2O. The number of carbonyl (C=O) groups excluding carboxylic acids is 1. The average Bonchev–Trinajstić information content (AvgIpc) is 2.44. The van der Waals surface area contributed by atoms with Gasteiger partial charge in [-0.1, -0.05) is 35.9 Å². The molecule has 0 saturated carbocycles. The molecule has 114 valence electrons. The topological polar surface area (TPSA) is 41.5 Å². The number of nitrogens with one attached hydrogen (secondary N) is 1. The molecule has 0 atom stereocenters. The Bertz CT molecular complexity index is 723. The summed E-state index contributed by atoms with van der Waals surface area (Å²) in [6, 6.07) is 13.5. The molecule has 0 spiro atoms. The molecule has 22 heavy (non-hydrogen) atoms. The molecule has 2 rings (SSSR count). The van der Waals surface area contributed by atoms with E-state index in [0.717, 1.165) is 22.6 Å². The van der Waals surface area contributed by atoms with Gasteiger partial charge in [0.25, 0.3) is 0 Å². The van der Waals surface area contributed by atoms with Crippen LogP contribution in [-0.2, 0) is 11.2 Å². The van der Waals surface area contributed by atoms with Crippen LogP contribution in [0.2, 0.25) is 5.02 Å². The summed E-state index contributed by atoms with van der Waals surface area (Å²) in [6.07, 6.45) is 0.393. The Morgan fingerprint density at radius 3 is 2.55 bits per heavy atom. The summed E-state index contributed by atoms with van der Waals surface area (Å²) in [5.41, 5.74) is 3.77. The molecule has 0 bridgehead atoms. The van der Waals surface area contributed by atoms with Crippen LogP contribution in [0, 0.1) is 6.92 Å². The number of para-hydroxylation sites is 1. The molecule has 0 fully saturated rings. The minimum absolute atomic E-state index is 0.115. The van der Waals surface area contributed by atoms with Crippen molar-refractivity contribution in [2.75, 3.05) is 5.32 Å². The van der Waals surface area contributed by atoms with Gasteiger partial charge in [-0.25, -0.2) is 4.99 Å². The number of nitrogens with zero attached hydrogens (tertiary/aromatic N) is 1. The number of aryl methyl sites for hydroxylation is 1. The molecule has 0 heterocycles. The number of amidine groups is 1. The molecule has 3 nitrogen and oxygen atoms in total. The number of aliphatic imine (C=N–C) groups is 1. The lowest BCUT2D eigenvalue weighted by Gasteiger charge is -2.09. The van der Waals surface area contributed by atoms with E-state index in [1.54, 1.807) is 13.0 Å². The molecule has 2 aromatic rings. The van der Waals surface area contributed by atoms with Gasteiger partial charge in [-0.05, 0) is 50.1 Å². The summed E-state index contributed by atoms with van der Waals surface area (Å²) >= 11 is 6.25. The van der Waals surface area contributed by atoms with Crippen molar-refractivity contribution in [3.63, 3.8) is 0 Å². The zero-order chi connectivity index (χ0) is 16.1. The first kappa shape index (κ1) is 16.2. The molecule has 2 aromatic carbocycles. The number of hydrogen-bond acceptors (Lipinski definition) is 2. The first-order valence-corrected chi connectivity index (χ1v) is 7.49. The predicted octanol–water partition coefficient (Wildman–Crippen LogP) is 4.94. The maximum absolute atomic E-state index is 11.1. The van der Waals surface area contributed by atoms with Gasteiger partial charge in [0, 0.05) is 12.1 Å². The molecule has 0 radical (unpaired) electrons. The Hall–Kier alpha value is -2.13. The first-order valence-electron chi connectivity index (χ1n) is 7.11. The van der Waals surface area contributed by atoms with Crippen LogP contribution < -0.4 is 5.32 Å². The fraction of sp³-hybridized carbons (Fsp3) is 0.222. The molecule has 0 aliphatic rings. The van der Waals surface area contributed by atoms with Crippen LogP contribution in [0.25, 0.3) is 0 Å². The largest absolute Gasteiger partial charge is 0.344 e. The minimum atomic E-state index is 0.115. The SMILES string of the molecule is CC(=O)Cc1ccc(N=C(C)Nc2ccccc2C)c(Cl)c1. The summed E-state index contributed by atoms with van der Waals surface area (Å²) in [5.74, 6) is 0.875. The van der Waals surface area contributed by atoms with E-state index in [0.29, 0.717) is 17.1 Å². The lowest BCUT2D eigenvalue weighted by atomic mass is 10.1. The zero-order valence-electron chi connectivity index (χ0n) is 13.0. The van der Waals surface area contributed by atoms with Gasteiger partial charge in [-0.2, -0.15) is 0 Å².